The van der Waals surface area contributed by atoms with Gasteiger partial charge in [-0.1, -0.05) is 0 Å². The molecule has 0 spiro atoms. The van der Waals surface area contributed by atoms with Crippen molar-refractivity contribution in [3.63, 3.8) is 0 Å². The molecule has 2 fully saturated rings. The topological polar surface area (TPSA) is 78.9 Å². The lowest BCUT2D eigenvalue weighted by Gasteiger charge is -2.21. The number of carboxylic acid groups (broad SMARTS) is 1. The van der Waals surface area contributed by atoms with E-state index < -0.39 is 23.2 Å². The quantitative estimate of drug-likeness (QED) is 0.871. The summed E-state index contributed by atoms with van der Waals surface area (Å²) in [5, 5.41) is 11.8. The molecule has 136 valence electrons. The van der Waals surface area contributed by atoms with Gasteiger partial charge in [-0.15, -0.1) is 0 Å². The van der Waals surface area contributed by atoms with Crippen molar-refractivity contribution in [3.05, 3.63) is 24.0 Å². The average molecular weight is 350 g/mol. The summed E-state index contributed by atoms with van der Waals surface area (Å²) in [7, 11) is 0. The Morgan fingerprint density at radius 1 is 1.36 bits per heavy atom. The fraction of sp³-hybridized carbons (Fsp3) is 0.556. The van der Waals surface area contributed by atoms with Gasteiger partial charge in [-0.3, -0.25) is 4.79 Å². The summed E-state index contributed by atoms with van der Waals surface area (Å²) in [5.41, 5.74) is -0.605. The Kier molecular flexibility index (Phi) is 4.83. The maximum Gasteiger partial charge on any atom is 0.321 e. The highest BCUT2D eigenvalue weighted by Gasteiger charge is 2.42. The van der Waals surface area contributed by atoms with Crippen LogP contribution in [-0.4, -0.2) is 41.2 Å². The van der Waals surface area contributed by atoms with Gasteiger partial charge in [0.1, 0.15) is 0 Å². The van der Waals surface area contributed by atoms with Crippen molar-refractivity contribution in [1.29, 1.82) is 0 Å². The third-order valence-electron chi connectivity index (χ3n) is 5.06. The van der Waals surface area contributed by atoms with Crippen LogP contribution in [0.1, 0.15) is 39.0 Å². The van der Waals surface area contributed by atoms with Gasteiger partial charge in [-0.25, -0.2) is 9.18 Å². The van der Waals surface area contributed by atoms with Crippen LogP contribution in [0.4, 0.5) is 14.9 Å². The molecule has 2 N–H and O–H groups in total. The number of nitrogens with zero attached hydrogens (tertiary/aromatic N) is 1. The van der Waals surface area contributed by atoms with Crippen LogP contribution in [0.15, 0.2) is 18.2 Å². The zero-order chi connectivity index (χ0) is 18.0. The van der Waals surface area contributed by atoms with E-state index in [4.69, 9.17) is 4.74 Å². The van der Waals surface area contributed by atoms with Crippen LogP contribution in [-0.2, 0) is 4.79 Å². The van der Waals surface area contributed by atoms with Crippen molar-refractivity contribution in [2.45, 2.75) is 45.1 Å². The van der Waals surface area contributed by atoms with Gasteiger partial charge in [0.15, 0.2) is 11.6 Å². The highest BCUT2D eigenvalue weighted by Crippen LogP contribution is 2.31. The summed E-state index contributed by atoms with van der Waals surface area (Å²) >= 11 is 0. The number of hydrogen-bond donors (Lipinski definition) is 2. The van der Waals surface area contributed by atoms with Gasteiger partial charge in [0.05, 0.1) is 11.5 Å². The third kappa shape index (κ3) is 3.86. The Morgan fingerprint density at radius 3 is 2.68 bits per heavy atom. The number of halogens is 1. The zero-order valence-corrected chi connectivity index (χ0v) is 14.3. The first-order chi connectivity index (χ1) is 11.9. The van der Waals surface area contributed by atoms with Crippen molar-refractivity contribution >= 4 is 17.7 Å². The molecule has 1 heterocycles. The van der Waals surface area contributed by atoms with Gasteiger partial charge in [0.2, 0.25) is 0 Å². The van der Waals surface area contributed by atoms with E-state index in [2.05, 4.69) is 5.32 Å². The molecule has 3 rings (SSSR count). The monoisotopic (exact) mass is 350 g/mol. The smallest absolute Gasteiger partial charge is 0.321 e. The molecule has 1 saturated carbocycles. The molecule has 1 aromatic rings. The fourth-order valence-corrected chi connectivity index (χ4v) is 3.37. The van der Waals surface area contributed by atoms with Crippen molar-refractivity contribution in [3.8, 4) is 5.75 Å². The summed E-state index contributed by atoms with van der Waals surface area (Å²) in [6.07, 6.45) is 4.55. The van der Waals surface area contributed by atoms with E-state index >= 15 is 0 Å². The second kappa shape index (κ2) is 6.90. The molecular formula is C18H23FN2O4. The van der Waals surface area contributed by atoms with Gasteiger partial charge >= 0.3 is 12.0 Å². The number of rotatable bonds is 4. The zero-order valence-electron chi connectivity index (χ0n) is 14.3. The number of likely N-dealkylation sites (tertiary alicyclic amines) is 1. The van der Waals surface area contributed by atoms with Gasteiger partial charge in [-0.2, -0.15) is 0 Å². The molecule has 2 aliphatic rings. The summed E-state index contributed by atoms with van der Waals surface area (Å²) in [6, 6.07) is 3.93. The first-order valence-electron chi connectivity index (χ1n) is 8.63. The maximum atomic E-state index is 14.2. The van der Waals surface area contributed by atoms with Crippen LogP contribution < -0.4 is 10.1 Å². The summed E-state index contributed by atoms with van der Waals surface area (Å²) in [5.74, 6) is -1.23. The van der Waals surface area contributed by atoms with E-state index in [1.807, 2.05) is 0 Å². The Labute approximate surface area is 146 Å². The molecule has 1 unspecified atom stereocenters. The lowest BCUT2D eigenvalue weighted by Crippen LogP contribution is -2.37. The number of carboxylic acids is 1. The van der Waals surface area contributed by atoms with Crippen molar-refractivity contribution < 1.29 is 23.8 Å². The Bertz CT molecular complexity index is 675. The number of urea groups is 1. The maximum absolute atomic E-state index is 14.2. The number of anilines is 1. The van der Waals surface area contributed by atoms with Crippen LogP contribution in [0.5, 0.6) is 5.75 Å². The standard InChI is InChI=1S/C18H23FN2O4/c1-18(16(22)23)8-9-21(11-18)17(24)20-12-6-7-15(14(19)10-12)25-13-4-2-3-5-13/h6-7,10,13H,2-5,8-9,11H2,1H3,(H,20,24)(H,22,23). The van der Waals surface area contributed by atoms with Crippen LogP contribution in [0.2, 0.25) is 0 Å². The fourth-order valence-electron chi connectivity index (χ4n) is 3.37. The van der Waals surface area contributed by atoms with Crippen LogP contribution >= 0.6 is 0 Å². The number of aliphatic carboxylic acids is 1. The summed E-state index contributed by atoms with van der Waals surface area (Å²) in [4.78, 5) is 25.0. The van der Waals surface area contributed by atoms with Gasteiger partial charge in [0, 0.05) is 24.8 Å². The van der Waals surface area contributed by atoms with E-state index in [-0.39, 0.29) is 18.4 Å². The van der Waals surface area contributed by atoms with Crippen LogP contribution in [0, 0.1) is 11.2 Å². The summed E-state index contributed by atoms with van der Waals surface area (Å²) in [6.45, 7) is 2.12. The number of ether oxygens (including phenoxy) is 1. The second-order valence-corrected chi connectivity index (χ2v) is 7.14. The minimum absolute atomic E-state index is 0.0632. The van der Waals surface area contributed by atoms with E-state index in [9.17, 15) is 19.1 Å². The molecule has 7 heteroatoms. The largest absolute Gasteiger partial charge is 0.487 e. The van der Waals surface area contributed by atoms with E-state index in [1.54, 1.807) is 13.0 Å². The molecule has 1 atom stereocenters. The molecule has 0 aromatic heterocycles. The molecule has 2 amide bonds. The van der Waals surface area contributed by atoms with Gasteiger partial charge in [0.25, 0.3) is 0 Å². The SMILES string of the molecule is CC1(C(=O)O)CCN(C(=O)Nc2ccc(OC3CCCC3)c(F)c2)C1. The Hall–Kier alpha value is -2.31. The van der Waals surface area contributed by atoms with E-state index in [1.165, 1.54) is 17.0 Å². The van der Waals surface area contributed by atoms with Crippen molar-refractivity contribution in [1.82, 2.24) is 4.90 Å². The number of nitrogens with one attached hydrogen (secondary N) is 1. The molecule has 6 nitrogen and oxygen atoms in total. The molecule has 1 aliphatic carbocycles. The molecule has 1 saturated heterocycles. The average Bonchev–Trinajstić information content (AvgIpc) is 3.20. The third-order valence-corrected chi connectivity index (χ3v) is 5.06. The van der Waals surface area contributed by atoms with Crippen molar-refractivity contribution in [2.24, 2.45) is 5.41 Å². The Morgan fingerprint density at radius 2 is 2.08 bits per heavy atom. The molecule has 25 heavy (non-hydrogen) atoms. The van der Waals surface area contributed by atoms with Crippen LogP contribution in [0.25, 0.3) is 0 Å². The lowest BCUT2D eigenvalue weighted by atomic mass is 9.90. The lowest BCUT2D eigenvalue weighted by molar-refractivity contribution is -0.146. The van der Waals surface area contributed by atoms with E-state index in [0.717, 1.165) is 25.7 Å². The number of benzene rings is 1. The molecule has 1 aliphatic heterocycles. The number of amides is 2. The predicted molar refractivity (Wildman–Crippen MR) is 90.2 cm³/mol. The number of carbonyl (C=O) groups excluding carboxylic acids is 1. The minimum Gasteiger partial charge on any atom is -0.487 e. The van der Waals surface area contributed by atoms with Gasteiger partial charge < -0.3 is 20.1 Å². The van der Waals surface area contributed by atoms with Crippen LogP contribution in [0.3, 0.4) is 0 Å². The van der Waals surface area contributed by atoms with Gasteiger partial charge in [-0.05, 0) is 51.2 Å². The highest BCUT2D eigenvalue weighted by molar-refractivity contribution is 5.90. The second-order valence-electron chi connectivity index (χ2n) is 7.14. The molecule has 0 radical (unpaired) electrons. The van der Waals surface area contributed by atoms with Crippen molar-refractivity contribution in [2.75, 3.05) is 18.4 Å². The molecular weight excluding hydrogens is 327 g/mol. The van der Waals surface area contributed by atoms with E-state index in [0.29, 0.717) is 18.7 Å². The number of hydrogen-bond acceptors (Lipinski definition) is 3. The highest BCUT2D eigenvalue weighted by atomic mass is 19.1. The molecule has 0 bridgehead atoms. The first kappa shape index (κ1) is 17.5. The Balaban J connectivity index is 1.60. The predicted octanol–water partition coefficient (Wildman–Crippen LogP) is 3.48. The summed E-state index contributed by atoms with van der Waals surface area (Å²) < 4.78 is 19.8. The number of carbonyl (C=O) groups is 2. The molecule has 1 aromatic carbocycles. The normalized spacial score (nSPS) is 23.7. The minimum atomic E-state index is -0.929. The first-order valence-corrected chi connectivity index (χ1v) is 8.63.